The molecule has 1 saturated heterocycles. The van der Waals surface area contributed by atoms with Gasteiger partial charge in [0, 0.05) is 23.6 Å². The van der Waals surface area contributed by atoms with Gasteiger partial charge < -0.3 is 4.74 Å². The number of halogens is 1. The summed E-state index contributed by atoms with van der Waals surface area (Å²) in [6.07, 6.45) is 0. The van der Waals surface area contributed by atoms with E-state index in [1.54, 1.807) is 0 Å². The molecule has 0 spiro atoms. The third-order valence-electron chi connectivity index (χ3n) is 1.88. The van der Waals surface area contributed by atoms with E-state index in [1.165, 1.54) is 11.0 Å². The van der Waals surface area contributed by atoms with Crippen LogP contribution in [0.4, 0.5) is 0 Å². The van der Waals surface area contributed by atoms with E-state index in [0.717, 1.165) is 19.8 Å². The van der Waals surface area contributed by atoms with Gasteiger partial charge in [-0.3, -0.25) is 4.90 Å². The van der Waals surface area contributed by atoms with Crippen LogP contribution in [0, 0.1) is 0 Å². The first-order valence-electron chi connectivity index (χ1n) is 3.72. The van der Waals surface area contributed by atoms with Crippen molar-refractivity contribution in [1.82, 2.24) is 4.90 Å². The second-order valence-electron chi connectivity index (χ2n) is 2.65. The molecule has 2 nitrogen and oxygen atoms in total. The number of nitrogens with zero attached hydrogens (tertiary/aromatic N) is 1. The van der Waals surface area contributed by atoms with Crippen LogP contribution in [0.25, 0.3) is 0 Å². The minimum absolute atomic E-state index is 0.628. The standard InChI is InChI=1S/C7H14INO/c1-7-6-10-5-4-9(7)3-2-8/h7H,2-6H2,1H3/t7-/m1/s1. The molecule has 1 rings (SSSR count). The lowest BCUT2D eigenvalue weighted by Crippen LogP contribution is -2.44. The quantitative estimate of drug-likeness (QED) is 0.542. The van der Waals surface area contributed by atoms with Gasteiger partial charge in [-0.1, -0.05) is 22.6 Å². The van der Waals surface area contributed by atoms with Gasteiger partial charge in [-0.2, -0.15) is 0 Å². The maximum Gasteiger partial charge on any atom is 0.0619 e. The highest BCUT2D eigenvalue weighted by Gasteiger charge is 2.16. The molecule has 1 aliphatic heterocycles. The van der Waals surface area contributed by atoms with Crippen LogP contribution in [0.2, 0.25) is 0 Å². The summed E-state index contributed by atoms with van der Waals surface area (Å²) >= 11 is 2.42. The van der Waals surface area contributed by atoms with E-state index in [0.29, 0.717) is 6.04 Å². The smallest absolute Gasteiger partial charge is 0.0619 e. The van der Waals surface area contributed by atoms with Crippen LogP contribution in [0.1, 0.15) is 6.92 Å². The lowest BCUT2D eigenvalue weighted by Gasteiger charge is -2.32. The Bertz CT molecular complexity index is 97.6. The SMILES string of the molecule is C[C@@H]1COCCN1CCI. The zero-order chi connectivity index (χ0) is 7.40. The van der Waals surface area contributed by atoms with Crippen LogP contribution >= 0.6 is 22.6 Å². The Morgan fingerprint density at radius 3 is 3.10 bits per heavy atom. The Hall–Kier alpha value is 0.650. The van der Waals surface area contributed by atoms with Crippen LogP contribution in [0.5, 0.6) is 0 Å². The van der Waals surface area contributed by atoms with E-state index < -0.39 is 0 Å². The summed E-state index contributed by atoms with van der Waals surface area (Å²) in [4.78, 5) is 2.48. The summed E-state index contributed by atoms with van der Waals surface area (Å²) in [5.41, 5.74) is 0. The van der Waals surface area contributed by atoms with E-state index in [-0.39, 0.29) is 0 Å². The normalized spacial score (nSPS) is 28.8. The predicted molar refractivity (Wildman–Crippen MR) is 50.7 cm³/mol. The predicted octanol–water partition coefficient (Wildman–Crippen LogP) is 1.14. The van der Waals surface area contributed by atoms with Crippen molar-refractivity contribution in [2.45, 2.75) is 13.0 Å². The number of rotatable bonds is 2. The lowest BCUT2D eigenvalue weighted by atomic mass is 10.2. The van der Waals surface area contributed by atoms with Gasteiger partial charge in [0.1, 0.15) is 0 Å². The van der Waals surface area contributed by atoms with Crippen molar-refractivity contribution in [2.75, 3.05) is 30.7 Å². The molecule has 0 radical (unpaired) electrons. The summed E-state index contributed by atoms with van der Waals surface area (Å²) in [7, 11) is 0. The molecule has 0 aromatic rings. The fourth-order valence-corrected chi connectivity index (χ4v) is 1.82. The molecule has 0 bridgehead atoms. The van der Waals surface area contributed by atoms with E-state index in [4.69, 9.17) is 4.74 Å². The van der Waals surface area contributed by atoms with E-state index >= 15 is 0 Å². The molecule has 0 aliphatic carbocycles. The van der Waals surface area contributed by atoms with Crippen molar-refractivity contribution in [3.63, 3.8) is 0 Å². The minimum atomic E-state index is 0.628. The third kappa shape index (κ3) is 2.36. The first-order valence-corrected chi connectivity index (χ1v) is 5.25. The van der Waals surface area contributed by atoms with Gasteiger partial charge in [0.25, 0.3) is 0 Å². The number of hydrogen-bond donors (Lipinski definition) is 0. The van der Waals surface area contributed by atoms with Gasteiger partial charge >= 0.3 is 0 Å². The van der Waals surface area contributed by atoms with Crippen molar-refractivity contribution in [2.24, 2.45) is 0 Å². The molecule has 60 valence electrons. The van der Waals surface area contributed by atoms with Gasteiger partial charge in [-0.15, -0.1) is 0 Å². The molecule has 1 heterocycles. The molecule has 0 aromatic carbocycles. The summed E-state index contributed by atoms with van der Waals surface area (Å²) in [5.74, 6) is 0. The number of morpholine rings is 1. The van der Waals surface area contributed by atoms with Gasteiger partial charge in [-0.05, 0) is 6.92 Å². The zero-order valence-electron chi connectivity index (χ0n) is 6.35. The molecular formula is C7H14INO. The molecule has 3 heteroatoms. The molecule has 0 aromatic heterocycles. The van der Waals surface area contributed by atoms with Gasteiger partial charge in [-0.25, -0.2) is 0 Å². The highest BCUT2D eigenvalue weighted by molar-refractivity contribution is 14.1. The molecule has 0 N–H and O–H groups in total. The highest BCUT2D eigenvalue weighted by atomic mass is 127. The first-order chi connectivity index (χ1) is 4.84. The fourth-order valence-electron chi connectivity index (χ4n) is 1.20. The maximum absolute atomic E-state index is 5.31. The van der Waals surface area contributed by atoms with E-state index in [1.807, 2.05) is 0 Å². The van der Waals surface area contributed by atoms with Gasteiger partial charge in [0.15, 0.2) is 0 Å². The van der Waals surface area contributed by atoms with Crippen LogP contribution < -0.4 is 0 Å². The first kappa shape index (κ1) is 8.74. The average Bonchev–Trinajstić information content (AvgIpc) is 1.94. The second-order valence-corrected chi connectivity index (χ2v) is 3.73. The summed E-state index contributed by atoms with van der Waals surface area (Å²) in [5, 5.41) is 0. The van der Waals surface area contributed by atoms with Crippen molar-refractivity contribution in [1.29, 1.82) is 0 Å². The second kappa shape index (κ2) is 4.51. The Balaban J connectivity index is 2.25. The zero-order valence-corrected chi connectivity index (χ0v) is 8.50. The molecular weight excluding hydrogens is 241 g/mol. The molecule has 0 amide bonds. The van der Waals surface area contributed by atoms with Crippen LogP contribution in [0.15, 0.2) is 0 Å². The van der Waals surface area contributed by atoms with Crippen molar-refractivity contribution < 1.29 is 4.74 Å². The van der Waals surface area contributed by atoms with E-state index in [9.17, 15) is 0 Å². The van der Waals surface area contributed by atoms with E-state index in [2.05, 4.69) is 34.4 Å². The lowest BCUT2D eigenvalue weighted by molar-refractivity contribution is 0.00329. The highest BCUT2D eigenvalue weighted by Crippen LogP contribution is 2.05. The van der Waals surface area contributed by atoms with Crippen LogP contribution in [-0.4, -0.2) is 41.7 Å². The summed E-state index contributed by atoms with van der Waals surface area (Å²) < 4.78 is 6.54. The maximum atomic E-state index is 5.31. The Kier molecular flexibility index (Phi) is 3.95. The number of alkyl halides is 1. The fraction of sp³-hybridized carbons (Fsp3) is 1.00. The van der Waals surface area contributed by atoms with Gasteiger partial charge in [0.05, 0.1) is 13.2 Å². The number of hydrogen-bond acceptors (Lipinski definition) is 2. The molecule has 1 atom stereocenters. The Labute approximate surface area is 76.1 Å². The van der Waals surface area contributed by atoms with Crippen molar-refractivity contribution in [3.8, 4) is 0 Å². The Morgan fingerprint density at radius 2 is 2.50 bits per heavy atom. The van der Waals surface area contributed by atoms with Crippen LogP contribution in [0.3, 0.4) is 0 Å². The van der Waals surface area contributed by atoms with Crippen molar-refractivity contribution >= 4 is 22.6 Å². The molecule has 10 heavy (non-hydrogen) atoms. The summed E-state index contributed by atoms with van der Waals surface area (Å²) in [6.45, 7) is 6.39. The minimum Gasteiger partial charge on any atom is -0.379 e. The van der Waals surface area contributed by atoms with Crippen LogP contribution in [-0.2, 0) is 4.74 Å². The molecule has 0 saturated carbocycles. The molecule has 1 fully saturated rings. The average molecular weight is 255 g/mol. The molecule has 0 unspecified atom stereocenters. The van der Waals surface area contributed by atoms with Crippen molar-refractivity contribution in [3.05, 3.63) is 0 Å². The molecule has 1 aliphatic rings. The number of ether oxygens (including phenoxy) is 1. The summed E-state index contributed by atoms with van der Waals surface area (Å²) in [6, 6.07) is 0.628. The monoisotopic (exact) mass is 255 g/mol. The third-order valence-corrected chi connectivity index (χ3v) is 2.36. The van der Waals surface area contributed by atoms with Gasteiger partial charge in [0.2, 0.25) is 0 Å². The topological polar surface area (TPSA) is 12.5 Å². The largest absolute Gasteiger partial charge is 0.379 e. The Morgan fingerprint density at radius 1 is 1.70 bits per heavy atom.